The van der Waals surface area contributed by atoms with Gasteiger partial charge in [-0.2, -0.15) is 0 Å². The van der Waals surface area contributed by atoms with Crippen LogP contribution in [-0.2, 0) is 4.79 Å². The second-order valence-corrected chi connectivity index (χ2v) is 13.4. The summed E-state index contributed by atoms with van der Waals surface area (Å²) in [7, 11) is 0. The van der Waals surface area contributed by atoms with Crippen molar-refractivity contribution in [2.45, 2.75) is 206 Å². The Bertz CT molecular complexity index is 545. The number of carbonyl (C=O) groups is 1. The Morgan fingerprint density at radius 3 is 1.07 bits per heavy atom. The third-order valence-electron chi connectivity index (χ3n) is 8.70. The lowest BCUT2D eigenvalue weighted by Gasteiger charge is -2.16. The Hall–Kier alpha value is -0.700. The molecule has 0 aromatic heterocycles. The maximum atomic E-state index is 12.6. The molecule has 0 unspecified atom stereocenters. The quantitative estimate of drug-likeness (QED) is 0.0449. The minimum Gasteiger partial charge on any atom is -0.300 e. The van der Waals surface area contributed by atoms with Crippen LogP contribution in [0.5, 0.6) is 0 Å². The molecule has 0 aromatic carbocycles. The molecule has 0 aliphatic heterocycles. The molecule has 0 aliphatic carbocycles. The summed E-state index contributed by atoms with van der Waals surface area (Å²) in [5.74, 6) is 0.481. The van der Waals surface area contributed by atoms with Crippen molar-refractivity contribution in [2.75, 3.05) is 6.26 Å². The van der Waals surface area contributed by atoms with E-state index in [-0.39, 0.29) is 11.8 Å². The van der Waals surface area contributed by atoms with Gasteiger partial charge in [-0.25, -0.2) is 0 Å². The van der Waals surface area contributed by atoms with Crippen molar-refractivity contribution in [3.63, 3.8) is 0 Å². The Morgan fingerprint density at radius 2 is 0.762 bits per heavy atom. The second kappa shape index (κ2) is 36.5. The Balaban J connectivity index is 3.67. The minimum absolute atomic E-state index is 0.214. The largest absolute Gasteiger partial charge is 0.300 e. The van der Waals surface area contributed by atoms with E-state index in [4.69, 9.17) is 0 Å². The van der Waals surface area contributed by atoms with Crippen LogP contribution in [-0.4, -0.2) is 12.2 Å². The molecule has 1 amide bonds. The van der Waals surface area contributed by atoms with Gasteiger partial charge in [0.05, 0.1) is 0 Å². The molecule has 0 rings (SSSR count). The lowest BCUT2D eigenvalue weighted by molar-refractivity contribution is -0.123. The van der Waals surface area contributed by atoms with Gasteiger partial charge in [-0.15, -0.1) is 0 Å². The summed E-state index contributed by atoms with van der Waals surface area (Å²) in [5, 5.41) is 0. The summed E-state index contributed by atoms with van der Waals surface area (Å²) in [6, 6.07) is 0. The first kappa shape index (κ1) is 41.3. The Morgan fingerprint density at radius 1 is 0.476 bits per heavy atom. The highest BCUT2D eigenvalue weighted by Crippen LogP contribution is 2.20. The maximum Gasteiger partial charge on any atom is 0.232 e. The number of hydrogen-bond acceptors (Lipinski definition) is 2. The zero-order chi connectivity index (χ0) is 30.6. The fourth-order valence-electron chi connectivity index (χ4n) is 5.87. The first-order valence-corrected chi connectivity index (χ1v) is 20.1. The van der Waals surface area contributed by atoms with E-state index in [1.165, 1.54) is 192 Å². The van der Waals surface area contributed by atoms with E-state index in [1.807, 2.05) is 6.26 Å². The predicted molar refractivity (Wildman–Crippen MR) is 193 cm³/mol. The molecular weight excluding hydrogens is 531 g/mol. The van der Waals surface area contributed by atoms with E-state index < -0.39 is 0 Å². The highest BCUT2D eigenvalue weighted by atomic mass is 32.2. The number of nitrogens with one attached hydrogen (secondary N) is 1. The summed E-state index contributed by atoms with van der Waals surface area (Å²) in [5.41, 5.74) is 0. The molecule has 1 N–H and O–H groups in total. The first-order chi connectivity index (χ1) is 20.8. The van der Waals surface area contributed by atoms with E-state index >= 15 is 0 Å². The third-order valence-corrected chi connectivity index (χ3v) is 9.11. The molecule has 248 valence electrons. The molecule has 0 bridgehead atoms. The minimum atomic E-state index is 0.214. The molecule has 0 spiro atoms. The van der Waals surface area contributed by atoms with Crippen LogP contribution in [0, 0.1) is 5.92 Å². The molecule has 0 fully saturated rings. The van der Waals surface area contributed by atoms with Crippen LogP contribution in [0.1, 0.15) is 206 Å². The smallest absolute Gasteiger partial charge is 0.232 e. The van der Waals surface area contributed by atoms with E-state index in [0.29, 0.717) is 0 Å². The average molecular weight is 606 g/mol. The third kappa shape index (κ3) is 32.2. The highest BCUT2D eigenvalue weighted by Gasteiger charge is 2.17. The molecule has 0 heterocycles. The number of hydrogen-bond donors (Lipinski definition) is 1. The van der Waals surface area contributed by atoms with Crippen LogP contribution >= 0.6 is 11.9 Å². The monoisotopic (exact) mass is 606 g/mol. The maximum absolute atomic E-state index is 12.6. The Kier molecular flexibility index (Phi) is 35.9. The van der Waals surface area contributed by atoms with Gasteiger partial charge < -0.3 is 4.72 Å². The fourth-order valence-corrected chi connectivity index (χ4v) is 6.23. The van der Waals surface area contributed by atoms with Crippen LogP contribution in [0.3, 0.4) is 0 Å². The fraction of sp³-hybridized carbons (Fsp3) is 0.872. The summed E-state index contributed by atoms with van der Waals surface area (Å²) in [6.45, 7) is 4.57. The van der Waals surface area contributed by atoms with Crippen molar-refractivity contribution < 1.29 is 4.79 Å². The molecule has 0 aromatic rings. The molecule has 0 saturated carbocycles. The van der Waals surface area contributed by atoms with Crippen LogP contribution < -0.4 is 4.72 Å². The molecular formula is C39H75NOS. The summed E-state index contributed by atoms with van der Waals surface area (Å²) >= 11 is 1.46. The lowest BCUT2D eigenvalue weighted by atomic mass is 9.93. The molecule has 3 heteroatoms. The lowest BCUT2D eigenvalue weighted by Crippen LogP contribution is -2.25. The van der Waals surface area contributed by atoms with Gasteiger partial charge in [0.2, 0.25) is 5.91 Å². The average Bonchev–Trinajstić information content (AvgIpc) is 2.99. The topological polar surface area (TPSA) is 29.1 Å². The molecule has 42 heavy (non-hydrogen) atoms. The zero-order valence-corrected chi connectivity index (χ0v) is 29.7. The summed E-state index contributed by atoms with van der Waals surface area (Å²) in [6.07, 6.45) is 51.2. The van der Waals surface area contributed by atoms with Crippen molar-refractivity contribution in [3.05, 3.63) is 24.3 Å². The predicted octanol–water partition coefficient (Wildman–Crippen LogP) is 13.9. The SMILES string of the molecule is CCCCCCCC/C=C\CCCCCCCCC(CCCCCCCC/C=C\CCCCCCCC)C(=O)NSC. The number of carbonyl (C=O) groups excluding carboxylic acids is 1. The van der Waals surface area contributed by atoms with Crippen LogP contribution in [0.25, 0.3) is 0 Å². The van der Waals surface area contributed by atoms with E-state index in [9.17, 15) is 4.79 Å². The van der Waals surface area contributed by atoms with Gasteiger partial charge in [0, 0.05) is 12.2 Å². The molecule has 2 nitrogen and oxygen atoms in total. The van der Waals surface area contributed by atoms with Crippen LogP contribution in [0.2, 0.25) is 0 Å². The summed E-state index contributed by atoms with van der Waals surface area (Å²) in [4.78, 5) is 12.6. The second-order valence-electron chi connectivity index (χ2n) is 12.8. The standard InChI is InChI=1S/C39H75NOS/c1-4-6-8-10-12-14-16-18-20-22-24-26-28-30-32-34-36-38(39(41)40-42-3)37-35-33-31-29-27-25-23-21-19-17-15-13-11-9-7-5-2/h18-21,38H,4-17,22-37H2,1-3H3,(H,40,41)/b20-18-,21-19-. The molecule has 0 radical (unpaired) electrons. The van der Waals surface area contributed by atoms with Crippen molar-refractivity contribution >= 4 is 17.9 Å². The molecule has 0 aliphatic rings. The van der Waals surface area contributed by atoms with Crippen molar-refractivity contribution in [2.24, 2.45) is 5.92 Å². The zero-order valence-electron chi connectivity index (χ0n) is 28.9. The van der Waals surface area contributed by atoms with Crippen LogP contribution in [0.4, 0.5) is 0 Å². The molecule has 0 atom stereocenters. The number of amides is 1. The summed E-state index contributed by atoms with van der Waals surface area (Å²) < 4.78 is 3.02. The van der Waals surface area contributed by atoms with Crippen LogP contribution in [0.15, 0.2) is 24.3 Å². The van der Waals surface area contributed by atoms with Gasteiger partial charge >= 0.3 is 0 Å². The van der Waals surface area contributed by atoms with Crippen molar-refractivity contribution in [1.82, 2.24) is 4.72 Å². The van der Waals surface area contributed by atoms with Crippen molar-refractivity contribution in [1.29, 1.82) is 0 Å². The van der Waals surface area contributed by atoms with Gasteiger partial charge in [0.15, 0.2) is 0 Å². The number of unbranched alkanes of at least 4 members (excludes halogenated alkanes) is 24. The molecule has 0 saturated heterocycles. The number of allylic oxidation sites excluding steroid dienone is 4. The van der Waals surface area contributed by atoms with Gasteiger partial charge in [-0.1, -0.05) is 179 Å². The Labute approximate surface area is 269 Å². The van der Waals surface area contributed by atoms with Gasteiger partial charge in [-0.3, -0.25) is 4.79 Å². The van der Waals surface area contributed by atoms with Gasteiger partial charge in [0.25, 0.3) is 0 Å². The van der Waals surface area contributed by atoms with Gasteiger partial charge in [0.1, 0.15) is 0 Å². The normalized spacial score (nSPS) is 11.9. The first-order valence-electron chi connectivity index (χ1n) is 18.9. The van der Waals surface area contributed by atoms with E-state index in [2.05, 4.69) is 42.9 Å². The van der Waals surface area contributed by atoms with E-state index in [1.54, 1.807) is 0 Å². The van der Waals surface area contributed by atoms with Crippen molar-refractivity contribution in [3.8, 4) is 0 Å². The number of rotatable bonds is 34. The van der Waals surface area contributed by atoms with E-state index in [0.717, 1.165) is 12.8 Å². The highest BCUT2D eigenvalue weighted by molar-refractivity contribution is 7.97. The van der Waals surface area contributed by atoms with Gasteiger partial charge in [-0.05, 0) is 64.2 Å².